The maximum atomic E-state index is 12.2. The van der Waals surface area contributed by atoms with Gasteiger partial charge in [-0.05, 0) is 37.8 Å². The third-order valence-electron chi connectivity index (χ3n) is 5.01. The second-order valence-electron chi connectivity index (χ2n) is 8.40. The maximum absolute atomic E-state index is 12.2. The summed E-state index contributed by atoms with van der Waals surface area (Å²) < 4.78 is 6.42. The maximum Gasteiger partial charge on any atom is 0.174 e. The van der Waals surface area contributed by atoms with Crippen LogP contribution in [0.3, 0.4) is 0 Å². The zero-order chi connectivity index (χ0) is 20.0. The molecule has 152 valence electrons. The smallest absolute Gasteiger partial charge is 0.174 e. The van der Waals surface area contributed by atoms with Crippen molar-refractivity contribution in [3.05, 3.63) is 58.3 Å². The number of nitrogens with zero attached hydrogens (tertiary/aromatic N) is 2. The van der Waals surface area contributed by atoms with Crippen molar-refractivity contribution >= 4 is 17.1 Å². The van der Waals surface area contributed by atoms with Crippen molar-refractivity contribution in [2.75, 3.05) is 32.7 Å². The van der Waals surface area contributed by atoms with Gasteiger partial charge in [0.25, 0.3) is 0 Å². The van der Waals surface area contributed by atoms with Gasteiger partial charge >= 0.3 is 0 Å². The van der Waals surface area contributed by atoms with Crippen molar-refractivity contribution in [1.82, 2.24) is 9.80 Å². The molecule has 4 nitrogen and oxygen atoms in total. The summed E-state index contributed by atoms with van der Waals surface area (Å²) in [6, 6.07) is 14.4. The van der Waals surface area contributed by atoms with Crippen LogP contribution in [-0.2, 0) is 11.2 Å². The average molecular weight is 401 g/mol. The van der Waals surface area contributed by atoms with E-state index in [0.29, 0.717) is 6.42 Å². The predicted molar refractivity (Wildman–Crippen MR) is 116 cm³/mol. The molecule has 1 unspecified atom stereocenters. The summed E-state index contributed by atoms with van der Waals surface area (Å²) >= 11 is 1.54. The molecule has 0 N–H and O–H groups in total. The molecule has 1 saturated heterocycles. The van der Waals surface area contributed by atoms with Gasteiger partial charge in [-0.25, -0.2) is 0 Å². The predicted octanol–water partition coefficient (Wildman–Crippen LogP) is 4.32. The Morgan fingerprint density at radius 2 is 1.79 bits per heavy atom. The van der Waals surface area contributed by atoms with E-state index in [-0.39, 0.29) is 17.6 Å². The Bertz CT molecular complexity index is 717. The molecule has 0 aliphatic carbocycles. The number of thiophene rings is 1. The number of piperazine rings is 1. The molecule has 0 radical (unpaired) electrons. The van der Waals surface area contributed by atoms with Crippen LogP contribution in [0.1, 0.15) is 42.4 Å². The van der Waals surface area contributed by atoms with Crippen LogP contribution in [0.15, 0.2) is 47.8 Å². The molecule has 0 amide bonds. The van der Waals surface area contributed by atoms with E-state index in [1.807, 2.05) is 17.5 Å². The Morgan fingerprint density at radius 1 is 1.07 bits per heavy atom. The number of ether oxygens (including phenoxy) is 1. The van der Waals surface area contributed by atoms with E-state index < -0.39 is 0 Å². The summed E-state index contributed by atoms with van der Waals surface area (Å²) in [5.41, 5.74) is 1.13. The number of carbonyl (C=O) groups excluding carboxylic acids is 1. The van der Waals surface area contributed by atoms with Crippen molar-refractivity contribution in [2.24, 2.45) is 0 Å². The SMILES string of the molecule is CC(C)(C)OC(Cc1ccccc1)N1CCN(CCC(=O)c2cccs2)CC1. The standard InChI is InChI=1S/C23H32N2O2S/c1-23(2,3)27-22(18-19-8-5-4-6-9-19)25-15-13-24(14-16-25)12-11-20(26)21-10-7-17-28-21/h4-10,17,22H,11-16,18H2,1-3H3. The minimum Gasteiger partial charge on any atom is -0.357 e. The number of rotatable bonds is 8. The van der Waals surface area contributed by atoms with E-state index in [4.69, 9.17) is 4.74 Å². The molecule has 5 heteroatoms. The monoisotopic (exact) mass is 400 g/mol. The molecule has 3 rings (SSSR count). The number of benzene rings is 1. The van der Waals surface area contributed by atoms with Crippen LogP contribution in [0, 0.1) is 0 Å². The highest BCUT2D eigenvalue weighted by Gasteiger charge is 2.28. The van der Waals surface area contributed by atoms with Gasteiger partial charge in [0, 0.05) is 45.6 Å². The molecule has 1 aliphatic rings. The van der Waals surface area contributed by atoms with Crippen LogP contribution in [0.4, 0.5) is 0 Å². The van der Waals surface area contributed by atoms with Crippen LogP contribution >= 0.6 is 11.3 Å². The first-order chi connectivity index (χ1) is 13.4. The molecule has 2 heterocycles. The Kier molecular flexibility index (Phi) is 7.41. The van der Waals surface area contributed by atoms with Gasteiger partial charge < -0.3 is 9.64 Å². The number of Topliss-reactive ketones (excluding diaryl/α,β-unsaturated/α-hetero) is 1. The second kappa shape index (κ2) is 9.79. The summed E-state index contributed by atoms with van der Waals surface area (Å²) in [5, 5.41) is 1.97. The summed E-state index contributed by atoms with van der Waals surface area (Å²) in [4.78, 5) is 18.0. The fourth-order valence-electron chi connectivity index (χ4n) is 3.56. The largest absolute Gasteiger partial charge is 0.357 e. The van der Waals surface area contributed by atoms with Gasteiger partial charge in [-0.15, -0.1) is 11.3 Å². The van der Waals surface area contributed by atoms with Crippen LogP contribution in [0.25, 0.3) is 0 Å². The fourth-order valence-corrected chi connectivity index (χ4v) is 4.26. The Hall–Kier alpha value is -1.53. The lowest BCUT2D eigenvalue weighted by Gasteiger charge is -2.41. The Morgan fingerprint density at radius 3 is 2.39 bits per heavy atom. The van der Waals surface area contributed by atoms with Crippen LogP contribution < -0.4 is 0 Å². The van der Waals surface area contributed by atoms with Crippen molar-refractivity contribution in [2.45, 2.75) is 45.4 Å². The quantitative estimate of drug-likeness (QED) is 0.618. The first-order valence-electron chi connectivity index (χ1n) is 10.2. The zero-order valence-corrected chi connectivity index (χ0v) is 18.1. The number of carbonyl (C=O) groups is 1. The van der Waals surface area contributed by atoms with E-state index in [1.54, 1.807) is 0 Å². The number of hydrogen-bond donors (Lipinski definition) is 0. The molecule has 28 heavy (non-hydrogen) atoms. The molecule has 0 bridgehead atoms. The normalized spacial score (nSPS) is 17.5. The lowest BCUT2D eigenvalue weighted by molar-refractivity contribution is -0.140. The molecule has 1 fully saturated rings. The van der Waals surface area contributed by atoms with E-state index in [9.17, 15) is 4.79 Å². The molecule has 0 spiro atoms. The van der Waals surface area contributed by atoms with Crippen molar-refractivity contribution in [1.29, 1.82) is 0 Å². The van der Waals surface area contributed by atoms with Crippen LogP contribution in [0.5, 0.6) is 0 Å². The lowest BCUT2D eigenvalue weighted by atomic mass is 10.1. The van der Waals surface area contributed by atoms with Gasteiger partial charge in [0.05, 0.1) is 10.5 Å². The molecule has 2 aromatic rings. The number of hydrogen-bond acceptors (Lipinski definition) is 5. The lowest BCUT2D eigenvalue weighted by Crippen LogP contribution is -2.53. The minimum atomic E-state index is -0.177. The van der Waals surface area contributed by atoms with E-state index >= 15 is 0 Å². The highest BCUT2D eigenvalue weighted by molar-refractivity contribution is 7.12. The zero-order valence-electron chi connectivity index (χ0n) is 17.3. The summed E-state index contributed by atoms with van der Waals surface area (Å²) in [7, 11) is 0. The Balaban J connectivity index is 1.51. The highest BCUT2D eigenvalue weighted by atomic mass is 32.1. The highest BCUT2D eigenvalue weighted by Crippen LogP contribution is 2.20. The van der Waals surface area contributed by atoms with E-state index in [2.05, 4.69) is 60.9 Å². The van der Waals surface area contributed by atoms with Crippen LogP contribution in [0.2, 0.25) is 0 Å². The van der Waals surface area contributed by atoms with E-state index in [0.717, 1.165) is 44.0 Å². The molecular weight excluding hydrogens is 368 g/mol. The molecule has 1 aromatic heterocycles. The topological polar surface area (TPSA) is 32.8 Å². The van der Waals surface area contributed by atoms with Gasteiger partial charge in [-0.1, -0.05) is 36.4 Å². The third-order valence-corrected chi connectivity index (χ3v) is 5.92. The average Bonchev–Trinajstić information content (AvgIpc) is 3.21. The van der Waals surface area contributed by atoms with Crippen LogP contribution in [-0.4, -0.2) is 60.1 Å². The fraction of sp³-hybridized carbons (Fsp3) is 0.522. The molecule has 1 aliphatic heterocycles. The van der Waals surface area contributed by atoms with Crippen molar-refractivity contribution in [3.8, 4) is 0 Å². The van der Waals surface area contributed by atoms with Crippen molar-refractivity contribution in [3.63, 3.8) is 0 Å². The Labute approximate surface area is 173 Å². The van der Waals surface area contributed by atoms with Gasteiger partial charge in [0.1, 0.15) is 6.23 Å². The molecule has 1 atom stereocenters. The first-order valence-corrected chi connectivity index (χ1v) is 11.0. The summed E-state index contributed by atoms with van der Waals surface area (Å²) in [6.07, 6.45) is 1.58. The summed E-state index contributed by atoms with van der Waals surface area (Å²) in [5.74, 6) is 0.260. The van der Waals surface area contributed by atoms with Gasteiger partial charge in [0.15, 0.2) is 5.78 Å². The van der Waals surface area contributed by atoms with Gasteiger partial charge in [-0.2, -0.15) is 0 Å². The molecule has 1 aromatic carbocycles. The molecule has 0 saturated carbocycles. The molecular formula is C23H32N2O2S. The number of ketones is 1. The van der Waals surface area contributed by atoms with Gasteiger partial charge in [-0.3, -0.25) is 9.69 Å². The van der Waals surface area contributed by atoms with Gasteiger partial charge in [0.2, 0.25) is 0 Å². The first kappa shape index (κ1) is 21.2. The van der Waals surface area contributed by atoms with E-state index in [1.165, 1.54) is 16.9 Å². The minimum absolute atomic E-state index is 0.0808. The third kappa shape index (κ3) is 6.52. The second-order valence-corrected chi connectivity index (χ2v) is 9.35. The summed E-state index contributed by atoms with van der Waals surface area (Å²) in [6.45, 7) is 11.1. The van der Waals surface area contributed by atoms with Crippen molar-refractivity contribution < 1.29 is 9.53 Å².